The van der Waals surface area contributed by atoms with Gasteiger partial charge in [-0.25, -0.2) is 0 Å². The highest BCUT2D eigenvalue weighted by Gasteiger charge is 2.20. The van der Waals surface area contributed by atoms with Crippen molar-refractivity contribution < 1.29 is 19.2 Å². The third-order valence-corrected chi connectivity index (χ3v) is 4.48. The number of furan rings is 1. The Labute approximate surface area is 179 Å². The number of amides is 1. The number of nitro benzene ring substituents is 1. The van der Waals surface area contributed by atoms with Crippen LogP contribution in [0, 0.1) is 10.1 Å². The summed E-state index contributed by atoms with van der Waals surface area (Å²) in [5.74, 6) is -0.863. The highest BCUT2D eigenvalue weighted by atomic mass is 35.5. The first-order valence-electron chi connectivity index (χ1n) is 7.90. The molecule has 0 fully saturated rings. The molecule has 0 saturated carbocycles. The summed E-state index contributed by atoms with van der Waals surface area (Å²) in [7, 11) is 0. The van der Waals surface area contributed by atoms with Gasteiger partial charge in [-0.3, -0.25) is 20.2 Å². The maximum atomic E-state index is 12.3. The number of carbonyl (C=O) groups is 1. The van der Waals surface area contributed by atoms with E-state index in [4.69, 9.17) is 39.8 Å². The number of thiocarbonyl (C=S) groups is 1. The molecular formula is C18H11Cl2N3O5S. The highest BCUT2D eigenvalue weighted by Crippen LogP contribution is 2.34. The van der Waals surface area contributed by atoms with E-state index in [2.05, 4.69) is 10.6 Å². The molecule has 0 spiro atoms. The zero-order chi connectivity index (χ0) is 21.1. The van der Waals surface area contributed by atoms with E-state index >= 15 is 0 Å². The van der Waals surface area contributed by atoms with E-state index in [0.29, 0.717) is 5.69 Å². The molecule has 2 aromatic carbocycles. The van der Waals surface area contributed by atoms with Crippen molar-refractivity contribution >= 4 is 57.8 Å². The van der Waals surface area contributed by atoms with Gasteiger partial charge in [0.1, 0.15) is 5.76 Å². The van der Waals surface area contributed by atoms with Gasteiger partial charge >= 0.3 is 0 Å². The summed E-state index contributed by atoms with van der Waals surface area (Å²) >= 11 is 16.7. The van der Waals surface area contributed by atoms with E-state index in [1.165, 1.54) is 42.5 Å². The molecule has 0 aliphatic carbocycles. The van der Waals surface area contributed by atoms with Gasteiger partial charge in [0, 0.05) is 11.8 Å². The summed E-state index contributed by atoms with van der Waals surface area (Å²) in [6, 6.07) is 11.6. The van der Waals surface area contributed by atoms with Crippen LogP contribution in [0.2, 0.25) is 10.0 Å². The summed E-state index contributed by atoms with van der Waals surface area (Å²) in [5.41, 5.74) is 0.445. The molecule has 8 nitrogen and oxygen atoms in total. The fourth-order valence-corrected chi connectivity index (χ4v) is 3.11. The second kappa shape index (κ2) is 8.48. The van der Waals surface area contributed by atoms with Gasteiger partial charge in [0.25, 0.3) is 11.6 Å². The lowest BCUT2D eigenvalue weighted by Crippen LogP contribution is -2.33. The second-order valence-electron chi connectivity index (χ2n) is 5.63. The molecule has 3 rings (SSSR count). The fraction of sp³-hybridized carbons (Fsp3) is 0. The molecule has 29 heavy (non-hydrogen) atoms. The maximum absolute atomic E-state index is 12.3. The summed E-state index contributed by atoms with van der Waals surface area (Å²) in [6.45, 7) is 0. The van der Waals surface area contributed by atoms with Crippen molar-refractivity contribution in [3.63, 3.8) is 0 Å². The first-order valence-corrected chi connectivity index (χ1v) is 9.06. The predicted octanol–water partition coefficient (Wildman–Crippen LogP) is 4.99. The van der Waals surface area contributed by atoms with Crippen LogP contribution in [-0.4, -0.2) is 21.0 Å². The third kappa shape index (κ3) is 4.65. The number of nitro groups is 1. The molecule has 0 saturated heterocycles. The normalized spacial score (nSPS) is 10.4. The van der Waals surface area contributed by atoms with Gasteiger partial charge in [-0.1, -0.05) is 35.3 Å². The summed E-state index contributed by atoms with van der Waals surface area (Å²) in [6.07, 6.45) is 0. The van der Waals surface area contributed by atoms with Crippen molar-refractivity contribution in [2.24, 2.45) is 0 Å². The van der Waals surface area contributed by atoms with Crippen molar-refractivity contribution in [2.45, 2.75) is 0 Å². The van der Waals surface area contributed by atoms with Crippen LogP contribution < -0.4 is 10.6 Å². The molecule has 3 N–H and O–H groups in total. The Morgan fingerprint density at radius 1 is 1.14 bits per heavy atom. The van der Waals surface area contributed by atoms with E-state index in [-0.39, 0.29) is 43.7 Å². The van der Waals surface area contributed by atoms with E-state index in [1.54, 1.807) is 6.07 Å². The van der Waals surface area contributed by atoms with Crippen LogP contribution in [0.4, 0.5) is 11.4 Å². The quantitative estimate of drug-likeness (QED) is 0.221. The standard InChI is InChI=1S/C18H11Cl2N3O5S/c19-11-7-9(8-12(20)16(11)24)21-18(29)22-17(25)15-6-5-14(28-15)10-3-1-2-4-13(10)23(26)27/h1-8,24H,(H2,21,22,25,29). The topological polar surface area (TPSA) is 118 Å². The van der Waals surface area contributed by atoms with Gasteiger partial charge in [-0.15, -0.1) is 0 Å². The number of anilines is 1. The Morgan fingerprint density at radius 3 is 2.45 bits per heavy atom. The lowest BCUT2D eigenvalue weighted by atomic mass is 10.1. The Balaban J connectivity index is 1.72. The molecule has 0 bridgehead atoms. The Morgan fingerprint density at radius 2 is 1.79 bits per heavy atom. The lowest BCUT2D eigenvalue weighted by molar-refractivity contribution is -0.384. The van der Waals surface area contributed by atoms with E-state index in [9.17, 15) is 20.0 Å². The molecule has 11 heteroatoms. The molecule has 0 radical (unpaired) electrons. The van der Waals surface area contributed by atoms with Gasteiger partial charge < -0.3 is 14.8 Å². The van der Waals surface area contributed by atoms with Crippen LogP contribution >= 0.6 is 35.4 Å². The minimum Gasteiger partial charge on any atom is -0.505 e. The first kappa shape index (κ1) is 20.6. The number of benzene rings is 2. The second-order valence-corrected chi connectivity index (χ2v) is 6.86. The van der Waals surface area contributed by atoms with Crippen molar-refractivity contribution in [1.29, 1.82) is 0 Å². The molecule has 1 aromatic heterocycles. The number of carbonyl (C=O) groups excluding carboxylic acids is 1. The molecule has 0 aliphatic rings. The van der Waals surface area contributed by atoms with Crippen LogP contribution in [-0.2, 0) is 0 Å². The zero-order valence-electron chi connectivity index (χ0n) is 14.3. The molecule has 0 atom stereocenters. The molecule has 148 valence electrons. The van der Waals surface area contributed by atoms with Crippen LogP contribution in [0.15, 0.2) is 52.9 Å². The van der Waals surface area contributed by atoms with Gasteiger partial charge in [0.15, 0.2) is 16.6 Å². The highest BCUT2D eigenvalue weighted by molar-refractivity contribution is 7.80. The molecule has 1 heterocycles. The SMILES string of the molecule is O=C(NC(=S)Nc1cc(Cl)c(O)c(Cl)c1)c1ccc(-c2ccccc2[N+](=O)[O-])o1. The van der Waals surface area contributed by atoms with E-state index in [0.717, 1.165) is 0 Å². The zero-order valence-corrected chi connectivity index (χ0v) is 16.6. The minimum absolute atomic E-state index is 0.00857. The number of nitrogens with zero attached hydrogens (tertiary/aromatic N) is 1. The molecular weight excluding hydrogens is 441 g/mol. The molecule has 0 aliphatic heterocycles. The smallest absolute Gasteiger partial charge is 0.293 e. The van der Waals surface area contributed by atoms with Crippen LogP contribution in [0.5, 0.6) is 5.75 Å². The van der Waals surface area contributed by atoms with E-state index in [1.807, 2.05) is 0 Å². The first-order chi connectivity index (χ1) is 13.8. The number of hydrogen-bond donors (Lipinski definition) is 3. The number of rotatable bonds is 4. The number of nitrogens with one attached hydrogen (secondary N) is 2. The summed E-state index contributed by atoms with van der Waals surface area (Å²) in [5, 5.41) is 25.8. The maximum Gasteiger partial charge on any atom is 0.293 e. The van der Waals surface area contributed by atoms with Crippen molar-refractivity contribution in [2.75, 3.05) is 5.32 Å². The van der Waals surface area contributed by atoms with Crippen molar-refractivity contribution in [1.82, 2.24) is 5.32 Å². The van der Waals surface area contributed by atoms with Crippen LogP contribution in [0.25, 0.3) is 11.3 Å². The average molecular weight is 452 g/mol. The largest absolute Gasteiger partial charge is 0.505 e. The molecule has 3 aromatic rings. The number of phenols is 1. The number of aromatic hydroxyl groups is 1. The Bertz CT molecular complexity index is 1110. The molecule has 1 amide bonds. The number of phenolic OH excluding ortho intramolecular Hbond substituents is 1. The van der Waals surface area contributed by atoms with Gasteiger partial charge in [-0.2, -0.15) is 0 Å². The van der Waals surface area contributed by atoms with Crippen molar-refractivity contribution in [3.05, 3.63) is 74.5 Å². The summed E-state index contributed by atoms with van der Waals surface area (Å²) in [4.78, 5) is 22.9. The van der Waals surface area contributed by atoms with Gasteiger partial charge in [0.05, 0.1) is 20.5 Å². The number of hydrogen-bond acceptors (Lipinski definition) is 6. The summed E-state index contributed by atoms with van der Waals surface area (Å²) < 4.78 is 5.45. The third-order valence-electron chi connectivity index (χ3n) is 3.70. The predicted molar refractivity (Wildman–Crippen MR) is 113 cm³/mol. The Hall–Kier alpha value is -3.14. The number of halogens is 2. The van der Waals surface area contributed by atoms with E-state index < -0.39 is 10.8 Å². The van der Waals surface area contributed by atoms with Crippen LogP contribution in [0.1, 0.15) is 10.6 Å². The molecule has 0 unspecified atom stereocenters. The van der Waals surface area contributed by atoms with Crippen LogP contribution in [0.3, 0.4) is 0 Å². The minimum atomic E-state index is -0.664. The average Bonchev–Trinajstić information content (AvgIpc) is 3.16. The fourth-order valence-electron chi connectivity index (χ4n) is 2.41. The van der Waals surface area contributed by atoms with Gasteiger partial charge in [0.2, 0.25) is 0 Å². The lowest BCUT2D eigenvalue weighted by Gasteiger charge is -2.10. The van der Waals surface area contributed by atoms with Crippen molar-refractivity contribution in [3.8, 4) is 17.1 Å². The van der Waals surface area contributed by atoms with Gasteiger partial charge in [-0.05, 0) is 42.5 Å². The Kier molecular flexibility index (Phi) is 6.02. The number of para-hydroxylation sites is 1. The monoisotopic (exact) mass is 451 g/mol.